The molecule has 0 spiro atoms. The largest absolute Gasteiger partial charge is 0.497 e. The van der Waals surface area contributed by atoms with Crippen LogP contribution in [-0.2, 0) is 0 Å². The Labute approximate surface area is 156 Å². The van der Waals surface area contributed by atoms with E-state index < -0.39 is 4.92 Å². The van der Waals surface area contributed by atoms with Crippen LogP contribution < -0.4 is 15.4 Å². The number of nitro groups is 1. The van der Waals surface area contributed by atoms with Crippen molar-refractivity contribution < 1.29 is 9.66 Å². The van der Waals surface area contributed by atoms with E-state index in [0.29, 0.717) is 15.8 Å². The first-order chi connectivity index (χ1) is 11.9. The number of benzene rings is 2. The normalized spacial score (nSPS) is 11.5. The highest BCUT2D eigenvalue weighted by Crippen LogP contribution is 2.27. The second-order valence-electron chi connectivity index (χ2n) is 5.25. The summed E-state index contributed by atoms with van der Waals surface area (Å²) in [6, 6.07) is 11.8. The predicted molar refractivity (Wildman–Crippen MR) is 103 cm³/mol. The molecule has 132 valence electrons. The minimum absolute atomic E-state index is 0.0108. The Kier molecular flexibility index (Phi) is 6.55. The van der Waals surface area contributed by atoms with Gasteiger partial charge in [-0.1, -0.05) is 30.7 Å². The van der Waals surface area contributed by atoms with Gasteiger partial charge in [0.05, 0.1) is 28.8 Å². The topological polar surface area (TPSA) is 76.4 Å². The van der Waals surface area contributed by atoms with Gasteiger partial charge in [-0.05, 0) is 42.4 Å². The van der Waals surface area contributed by atoms with Crippen molar-refractivity contribution in [2.24, 2.45) is 0 Å². The van der Waals surface area contributed by atoms with Gasteiger partial charge in [0.1, 0.15) is 5.75 Å². The number of hydrogen-bond donors (Lipinski definition) is 2. The zero-order valence-electron chi connectivity index (χ0n) is 13.8. The molecule has 2 rings (SSSR count). The first kappa shape index (κ1) is 19.0. The molecule has 0 saturated heterocycles. The van der Waals surface area contributed by atoms with E-state index in [4.69, 9.17) is 28.6 Å². The standard InChI is InChI=1S/C17H18ClN3O3S/c1-3-15(11-4-7-13(24-2)8-5-11)19-17(25)20-16-10-12(21(22)23)6-9-14(16)18/h4-10,15H,3H2,1-2H3,(H2,19,20,25)/t15-/m1/s1. The van der Waals surface area contributed by atoms with Crippen LogP contribution in [0.4, 0.5) is 11.4 Å². The fourth-order valence-corrected chi connectivity index (χ4v) is 2.71. The second kappa shape index (κ2) is 8.64. The number of anilines is 1. The van der Waals surface area contributed by atoms with Crippen molar-refractivity contribution in [3.63, 3.8) is 0 Å². The van der Waals surface area contributed by atoms with Crippen molar-refractivity contribution in [2.45, 2.75) is 19.4 Å². The first-order valence-corrected chi connectivity index (χ1v) is 8.38. The monoisotopic (exact) mass is 379 g/mol. The van der Waals surface area contributed by atoms with Crippen LogP contribution in [0.25, 0.3) is 0 Å². The lowest BCUT2D eigenvalue weighted by molar-refractivity contribution is -0.384. The van der Waals surface area contributed by atoms with Crippen LogP contribution in [0.5, 0.6) is 5.75 Å². The highest BCUT2D eigenvalue weighted by molar-refractivity contribution is 7.80. The number of thiocarbonyl (C=S) groups is 1. The van der Waals surface area contributed by atoms with E-state index in [2.05, 4.69) is 10.6 Å². The average molecular weight is 380 g/mol. The van der Waals surface area contributed by atoms with E-state index >= 15 is 0 Å². The van der Waals surface area contributed by atoms with Crippen molar-refractivity contribution in [1.82, 2.24) is 5.32 Å². The molecule has 2 N–H and O–H groups in total. The summed E-state index contributed by atoms with van der Waals surface area (Å²) < 4.78 is 5.16. The zero-order valence-corrected chi connectivity index (χ0v) is 15.4. The van der Waals surface area contributed by atoms with Gasteiger partial charge in [0.25, 0.3) is 5.69 Å². The van der Waals surface area contributed by atoms with Gasteiger partial charge >= 0.3 is 0 Å². The third-order valence-corrected chi connectivity index (χ3v) is 4.19. The van der Waals surface area contributed by atoms with E-state index in [0.717, 1.165) is 17.7 Å². The summed E-state index contributed by atoms with van der Waals surface area (Å²) in [4.78, 5) is 10.4. The van der Waals surface area contributed by atoms with E-state index in [1.807, 2.05) is 31.2 Å². The molecule has 1 atom stereocenters. The third kappa shape index (κ3) is 5.04. The average Bonchev–Trinajstić information content (AvgIpc) is 2.61. The quantitative estimate of drug-likeness (QED) is 0.430. The molecule has 0 fully saturated rings. The van der Waals surface area contributed by atoms with E-state index in [1.54, 1.807) is 7.11 Å². The summed E-state index contributed by atoms with van der Waals surface area (Å²) in [5.41, 5.74) is 1.38. The summed E-state index contributed by atoms with van der Waals surface area (Å²) >= 11 is 11.4. The SMILES string of the molecule is CC[C@@H](NC(=S)Nc1cc([N+](=O)[O-])ccc1Cl)c1ccc(OC)cc1. The fraction of sp³-hybridized carbons (Fsp3) is 0.235. The first-order valence-electron chi connectivity index (χ1n) is 7.60. The summed E-state index contributed by atoms with van der Waals surface area (Å²) in [6.45, 7) is 2.03. The molecule has 0 aliphatic rings. The van der Waals surface area contributed by atoms with Gasteiger partial charge in [-0.15, -0.1) is 0 Å². The summed E-state index contributed by atoms with van der Waals surface area (Å²) in [7, 11) is 1.62. The minimum Gasteiger partial charge on any atom is -0.497 e. The molecule has 0 heterocycles. The Balaban J connectivity index is 2.09. The molecule has 0 saturated carbocycles. The Morgan fingerprint density at radius 3 is 2.56 bits per heavy atom. The van der Waals surface area contributed by atoms with E-state index in [1.165, 1.54) is 18.2 Å². The summed E-state index contributed by atoms with van der Waals surface area (Å²) in [6.07, 6.45) is 0.802. The van der Waals surface area contributed by atoms with Crippen LogP contribution in [0.1, 0.15) is 24.9 Å². The van der Waals surface area contributed by atoms with E-state index in [-0.39, 0.29) is 11.7 Å². The van der Waals surface area contributed by atoms with Crippen molar-refractivity contribution in [3.05, 3.63) is 63.2 Å². The lowest BCUT2D eigenvalue weighted by Gasteiger charge is -2.20. The number of nitro benzene ring substituents is 1. The van der Waals surface area contributed by atoms with Gasteiger partial charge < -0.3 is 15.4 Å². The Morgan fingerprint density at radius 2 is 2.00 bits per heavy atom. The molecule has 0 aliphatic heterocycles. The molecule has 0 aromatic heterocycles. The highest BCUT2D eigenvalue weighted by atomic mass is 35.5. The van der Waals surface area contributed by atoms with Gasteiger partial charge in [-0.2, -0.15) is 0 Å². The number of nitrogens with zero attached hydrogens (tertiary/aromatic N) is 1. The lowest BCUT2D eigenvalue weighted by atomic mass is 10.0. The molecule has 2 aromatic carbocycles. The summed E-state index contributed by atoms with van der Waals surface area (Å²) in [5, 5.41) is 17.7. The third-order valence-electron chi connectivity index (χ3n) is 3.64. The van der Waals surface area contributed by atoms with Crippen LogP contribution in [0, 0.1) is 10.1 Å². The van der Waals surface area contributed by atoms with Gasteiger partial charge in [-0.25, -0.2) is 0 Å². The van der Waals surface area contributed by atoms with Crippen molar-refractivity contribution in [3.8, 4) is 5.75 Å². The summed E-state index contributed by atoms with van der Waals surface area (Å²) in [5.74, 6) is 0.780. The van der Waals surface area contributed by atoms with Crippen LogP contribution in [0.3, 0.4) is 0 Å². The smallest absolute Gasteiger partial charge is 0.271 e. The Hall–Kier alpha value is -2.38. The Bertz CT molecular complexity index is 768. The zero-order chi connectivity index (χ0) is 18.4. The highest BCUT2D eigenvalue weighted by Gasteiger charge is 2.14. The second-order valence-corrected chi connectivity index (χ2v) is 6.07. The molecule has 0 unspecified atom stereocenters. The number of rotatable bonds is 6. The molecule has 0 radical (unpaired) electrons. The van der Waals surface area contributed by atoms with Crippen molar-refractivity contribution >= 4 is 40.3 Å². The molecule has 2 aromatic rings. The maximum absolute atomic E-state index is 10.9. The number of halogens is 1. The maximum atomic E-state index is 10.9. The van der Waals surface area contributed by atoms with Gasteiger partial charge in [-0.3, -0.25) is 10.1 Å². The van der Waals surface area contributed by atoms with Crippen LogP contribution in [0.2, 0.25) is 5.02 Å². The number of nitrogens with one attached hydrogen (secondary N) is 2. The number of methoxy groups -OCH3 is 1. The number of hydrogen-bond acceptors (Lipinski definition) is 4. The molecule has 6 nitrogen and oxygen atoms in total. The van der Waals surface area contributed by atoms with Gasteiger partial charge in [0, 0.05) is 12.1 Å². The number of ether oxygens (including phenoxy) is 1. The van der Waals surface area contributed by atoms with E-state index in [9.17, 15) is 10.1 Å². The van der Waals surface area contributed by atoms with Gasteiger partial charge in [0.2, 0.25) is 0 Å². The van der Waals surface area contributed by atoms with Gasteiger partial charge in [0.15, 0.2) is 5.11 Å². The predicted octanol–water partition coefficient (Wildman–Crippen LogP) is 4.69. The van der Waals surface area contributed by atoms with Crippen LogP contribution >= 0.6 is 23.8 Å². The number of non-ortho nitro benzene ring substituents is 1. The molecular formula is C17H18ClN3O3S. The van der Waals surface area contributed by atoms with Crippen molar-refractivity contribution in [1.29, 1.82) is 0 Å². The van der Waals surface area contributed by atoms with Crippen LogP contribution in [0.15, 0.2) is 42.5 Å². The maximum Gasteiger partial charge on any atom is 0.271 e. The van der Waals surface area contributed by atoms with Crippen LogP contribution in [-0.4, -0.2) is 17.1 Å². The minimum atomic E-state index is -0.482. The molecule has 8 heteroatoms. The van der Waals surface area contributed by atoms with Crippen molar-refractivity contribution in [2.75, 3.05) is 12.4 Å². The lowest BCUT2D eigenvalue weighted by Crippen LogP contribution is -2.32. The Morgan fingerprint density at radius 1 is 1.32 bits per heavy atom. The molecule has 0 bridgehead atoms. The molecule has 0 aliphatic carbocycles. The molecule has 0 amide bonds. The molecular weight excluding hydrogens is 362 g/mol. The molecule has 25 heavy (non-hydrogen) atoms. The fourth-order valence-electron chi connectivity index (χ4n) is 2.30.